The van der Waals surface area contributed by atoms with Gasteiger partial charge in [0, 0.05) is 16.1 Å². The summed E-state index contributed by atoms with van der Waals surface area (Å²) in [5.74, 6) is 0.250. The number of ether oxygens (including phenoxy) is 1. The third kappa shape index (κ3) is 3.19. The van der Waals surface area contributed by atoms with Crippen molar-refractivity contribution < 1.29 is 9.13 Å². The molecule has 0 amide bonds. The fourth-order valence-electron chi connectivity index (χ4n) is 2.17. The molecule has 0 heterocycles. The number of hydrogen-bond acceptors (Lipinski definition) is 2. The zero-order valence-corrected chi connectivity index (χ0v) is 13.1. The molecule has 0 aliphatic rings. The summed E-state index contributed by atoms with van der Waals surface area (Å²) < 4.78 is 20.3. The van der Waals surface area contributed by atoms with Crippen LogP contribution in [0.25, 0.3) is 0 Å². The first-order valence-corrected chi connectivity index (χ1v) is 7.28. The van der Waals surface area contributed by atoms with Crippen molar-refractivity contribution in [1.82, 2.24) is 5.32 Å². The minimum atomic E-state index is -0.272. The van der Waals surface area contributed by atoms with Gasteiger partial charge in [-0.25, -0.2) is 4.39 Å². The predicted octanol–water partition coefficient (Wildman–Crippen LogP) is 4.30. The molecule has 0 saturated carbocycles. The van der Waals surface area contributed by atoms with E-state index in [-0.39, 0.29) is 11.9 Å². The van der Waals surface area contributed by atoms with E-state index in [0.717, 1.165) is 16.6 Å². The summed E-state index contributed by atoms with van der Waals surface area (Å²) >= 11 is 3.53. The van der Waals surface area contributed by atoms with Gasteiger partial charge in [0.05, 0.1) is 13.2 Å². The standard InChI is InChI=1S/C16H17BrFNO/c1-3-19-16(12-6-4-5-7-14(12)17)13-9-8-11(20-2)10-15(13)18/h4-10,16,19H,3H2,1-2H3. The largest absolute Gasteiger partial charge is 0.497 e. The maximum atomic E-state index is 14.3. The molecule has 0 aromatic heterocycles. The first-order valence-electron chi connectivity index (χ1n) is 6.48. The Morgan fingerprint density at radius 3 is 2.55 bits per heavy atom. The Kier molecular flexibility index (Phi) is 5.15. The number of hydrogen-bond donors (Lipinski definition) is 1. The van der Waals surface area contributed by atoms with Gasteiger partial charge >= 0.3 is 0 Å². The topological polar surface area (TPSA) is 21.3 Å². The van der Waals surface area contributed by atoms with Crippen LogP contribution in [0, 0.1) is 5.82 Å². The Bertz CT molecular complexity index is 588. The molecule has 0 saturated heterocycles. The summed E-state index contributed by atoms with van der Waals surface area (Å²) in [4.78, 5) is 0. The summed E-state index contributed by atoms with van der Waals surface area (Å²) in [6, 6.07) is 12.6. The minimum Gasteiger partial charge on any atom is -0.497 e. The van der Waals surface area contributed by atoms with Gasteiger partial charge in [0.1, 0.15) is 11.6 Å². The summed E-state index contributed by atoms with van der Waals surface area (Å²) in [6.45, 7) is 2.75. The smallest absolute Gasteiger partial charge is 0.132 e. The van der Waals surface area contributed by atoms with Gasteiger partial charge in [-0.1, -0.05) is 47.1 Å². The average molecular weight is 338 g/mol. The average Bonchev–Trinajstić information content (AvgIpc) is 2.46. The van der Waals surface area contributed by atoms with E-state index >= 15 is 0 Å². The molecule has 0 aliphatic carbocycles. The Labute approximate surface area is 127 Å². The Hall–Kier alpha value is -1.39. The third-order valence-corrected chi connectivity index (χ3v) is 3.87. The molecule has 1 atom stereocenters. The second-order valence-corrected chi connectivity index (χ2v) is 5.25. The van der Waals surface area contributed by atoms with E-state index in [9.17, 15) is 4.39 Å². The molecule has 0 spiro atoms. The molecule has 1 unspecified atom stereocenters. The number of halogens is 2. The number of methoxy groups -OCH3 is 1. The lowest BCUT2D eigenvalue weighted by molar-refractivity contribution is 0.410. The van der Waals surface area contributed by atoms with E-state index < -0.39 is 0 Å². The second-order valence-electron chi connectivity index (χ2n) is 4.40. The van der Waals surface area contributed by atoms with Crippen molar-refractivity contribution >= 4 is 15.9 Å². The van der Waals surface area contributed by atoms with E-state index in [1.54, 1.807) is 12.1 Å². The highest BCUT2D eigenvalue weighted by atomic mass is 79.9. The van der Waals surface area contributed by atoms with Gasteiger partial charge in [-0.05, 0) is 24.2 Å². The Morgan fingerprint density at radius 1 is 1.20 bits per heavy atom. The molecule has 0 bridgehead atoms. The van der Waals surface area contributed by atoms with E-state index in [1.165, 1.54) is 13.2 Å². The first kappa shape index (κ1) is 15.0. The van der Waals surface area contributed by atoms with E-state index in [0.29, 0.717) is 11.3 Å². The zero-order valence-electron chi connectivity index (χ0n) is 11.5. The van der Waals surface area contributed by atoms with Crippen molar-refractivity contribution in [2.24, 2.45) is 0 Å². The molecule has 4 heteroatoms. The molecule has 0 fully saturated rings. The lowest BCUT2D eigenvalue weighted by Gasteiger charge is -2.21. The van der Waals surface area contributed by atoms with Gasteiger partial charge in [0.15, 0.2) is 0 Å². The number of nitrogens with one attached hydrogen (secondary N) is 1. The van der Waals surface area contributed by atoms with Crippen LogP contribution in [-0.2, 0) is 0 Å². The summed E-state index contributed by atoms with van der Waals surface area (Å²) in [6.07, 6.45) is 0. The first-order chi connectivity index (χ1) is 9.67. The van der Waals surface area contributed by atoms with Crippen molar-refractivity contribution in [3.05, 3.63) is 63.9 Å². The molecule has 2 aromatic carbocycles. The van der Waals surface area contributed by atoms with Gasteiger partial charge in [-0.3, -0.25) is 0 Å². The highest BCUT2D eigenvalue weighted by Gasteiger charge is 2.19. The van der Waals surface area contributed by atoms with Gasteiger partial charge in [0.25, 0.3) is 0 Å². The predicted molar refractivity (Wildman–Crippen MR) is 82.6 cm³/mol. The van der Waals surface area contributed by atoms with Crippen LogP contribution in [-0.4, -0.2) is 13.7 Å². The van der Waals surface area contributed by atoms with Crippen LogP contribution < -0.4 is 10.1 Å². The molecule has 0 radical (unpaired) electrons. The number of rotatable bonds is 5. The monoisotopic (exact) mass is 337 g/mol. The molecule has 20 heavy (non-hydrogen) atoms. The van der Waals surface area contributed by atoms with Crippen LogP contribution in [0.5, 0.6) is 5.75 Å². The maximum Gasteiger partial charge on any atom is 0.132 e. The number of benzene rings is 2. The molecule has 2 nitrogen and oxygen atoms in total. The van der Waals surface area contributed by atoms with Crippen LogP contribution in [0.4, 0.5) is 4.39 Å². The molecule has 2 aromatic rings. The van der Waals surface area contributed by atoms with Crippen molar-refractivity contribution in [3.63, 3.8) is 0 Å². The molecule has 106 valence electrons. The van der Waals surface area contributed by atoms with Crippen LogP contribution in [0.2, 0.25) is 0 Å². The normalized spacial score (nSPS) is 12.2. The lowest BCUT2D eigenvalue weighted by Crippen LogP contribution is -2.23. The highest BCUT2D eigenvalue weighted by molar-refractivity contribution is 9.10. The van der Waals surface area contributed by atoms with Crippen molar-refractivity contribution in [2.75, 3.05) is 13.7 Å². The second kappa shape index (κ2) is 6.86. The Morgan fingerprint density at radius 2 is 1.95 bits per heavy atom. The van der Waals surface area contributed by atoms with E-state index in [4.69, 9.17) is 4.74 Å². The van der Waals surface area contributed by atoms with Crippen molar-refractivity contribution in [2.45, 2.75) is 13.0 Å². The van der Waals surface area contributed by atoms with Crippen LogP contribution in [0.1, 0.15) is 24.1 Å². The summed E-state index contributed by atoms with van der Waals surface area (Å²) in [7, 11) is 1.53. The zero-order chi connectivity index (χ0) is 14.5. The summed E-state index contributed by atoms with van der Waals surface area (Å²) in [5, 5.41) is 3.32. The van der Waals surface area contributed by atoms with E-state index in [2.05, 4.69) is 21.2 Å². The molecule has 2 rings (SSSR count). The summed E-state index contributed by atoms with van der Waals surface area (Å²) in [5.41, 5.74) is 1.62. The Balaban J connectivity index is 2.46. The minimum absolute atomic E-state index is 0.193. The fourth-order valence-corrected chi connectivity index (χ4v) is 2.68. The third-order valence-electron chi connectivity index (χ3n) is 3.14. The van der Waals surface area contributed by atoms with Crippen LogP contribution in [0.3, 0.4) is 0 Å². The van der Waals surface area contributed by atoms with Crippen LogP contribution >= 0.6 is 15.9 Å². The lowest BCUT2D eigenvalue weighted by atomic mass is 9.98. The molecular formula is C16H17BrFNO. The van der Waals surface area contributed by atoms with Crippen LogP contribution in [0.15, 0.2) is 46.9 Å². The van der Waals surface area contributed by atoms with Gasteiger partial charge in [0.2, 0.25) is 0 Å². The highest BCUT2D eigenvalue weighted by Crippen LogP contribution is 2.31. The van der Waals surface area contributed by atoms with Gasteiger partial charge in [-0.15, -0.1) is 0 Å². The van der Waals surface area contributed by atoms with Crippen molar-refractivity contribution in [1.29, 1.82) is 0 Å². The quantitative estimate of drug-likeness (QED) is 0.878. The molecular weight excluding hydrogens is 321 g/mol. The molecule has 0 aliphatic heterocycles. The van der Waals surface area contributed by atoms with Crippen molar-refractivity contribution in [3.8, 4) is 5.75 Å². The maximum absolute atomic E-state index is 14.3. The van der Waals surface area contributed by atoms with E-state index in [1.807, 2.05) is 31.2 Å². The van der Waals surface area contributed by atoms with Gasteiger partial charge < -0.3 is 10.1 Å². The fraction of sp³-hybridized carbons (Fsp3) is 0.250. The SMILES string of the molecule is CCNC(c1ccc(OC)cc1F)c1ccccc1Br. The van der Waals surface area contributed by atoms with Gasteiger partial charge in [-0.2, -0.15) is 0 Å². The molecule has 1 N–H and O–H groups in total.